The van der Waals surface area contributed by atoms with E-state index in [1.165, 1.54) is 6.42 Å². The first kappa shape index (κ1) is 24.3. The number of ether oxygens (including phenoxy) is 1. The van der Waals surface area contributed by atoms with Gasteiger partial charge in [0.05, 0.1) is 6.04 Å². The van der Waals surface area contributed by atoms with Crippen LogP contribution in [0, 0.1) is 5.92 Å². The molecule has 3 aromatic carbocycles. The van der Waals surface area contributed by atoms with E-state index in [-0.39, 0.29) is 17.5 Å². The standard InChI is InChI=1S/C31H36N2O3/c1-20-14-15-33(18-20)21(2)19-36-27-11-8-23(9-12-27)31-30(24-6-5-7-25(34)16-24)22(3)28-17-26(35)10-13-29(28)32(31)4/h5-13,16-17,20-21,31,34-35H,14-15,18-19H2,1-4H3. The first-order valence-corrected chi connectivity index (χ1v) is 12.8. The van der Waals surface area contributed by atoms with Crippen molar-refractivity contribution in [2.75, 3.05) is 31.6 Å². The van der Waals surface area contributed by atoms with Gasteiger partial charge in [-0.1, -0.05) is 31.2 Å². The molecule has 0 bridgehead atoms. The molecule has 0 amide bonds. The number of hydrogen-bond acceptors (Lipinski definition) is 5. The Bertz CT molecular complexity index is 1270. The normalized spacial score (nSPS) is 20.9. The van der Waals surface area contributed by atoms with Gasteiger partial charge in [0, 0.05) is 30.9 Å². The van der Waals surface area contributed by atoms with E-state index in [0.29, 0.717) is 12.6 Å². The smallest absolute Gasteiger partial charge is 0.119 e. The Balaban J connectivity index is 1.45. The van der Waals surface area contributed by atoms with Crippen LogP contribution in [0.2, 0.25) is 0 Å². The lowest BCUT2D eigenvalue weighted by molar-refractivity contribution is 0.169. The highest BCUT2D eigenvalue weighted by Gasteiger charge is 2.32. The first-order chi connectivity index (χ1) is 17.3. The topological polar surface area (TPSA) is 56.2 Å². The molecule has 5 nitrogen and oxygen atoms in total. The van der Waals surface area contributed by atoms with Crippen molar-refractivity contribution >= 4 is 16.8 Å². The van der Waals surface area contributed by atoms with Crippen LogP contribution in [0.25, 0.3) is 11.1 Å². The van der Waals surface area contributed by atoms with Crippen molar-refractivity contribution in [1.29, 1.82) is 0 Å². The van der Waals surface area contributed by atoms with E-state index < -0.39 is 0 Å². The van der Waals surface area contributed by atoms with Crippen molar-refractivity contribution in [3.63, 3.8) is 0 Å². The molecule has 36 heavy (non-hydrogen) atoms. The molecule has 1 fully saturated rings. The Morgan fingerprint density at radius 2 is 1.75 bits per heavy atom. The third kappa shape index (κ3) is 4.68. The molecule has 188 valence electrons. The maximum Gasteiger partial charge on any atom is 0.119 e. The molecule has 5 heteroatoms. The second-order valence-corrected chi connectivity index (χ2v) is 10.4. The molecule has 3 atom stereocenters. The van der Waals surface area contributed by atoms with Crippen LogP contribution in [0.3, 0.4) is 0 Å². The zero-order valence-electron chi connectivity index (χ0n) is 21.6. The minimum atomic E-state index is -0.0529. The van der Waals surface area contributed by atoms with Gasteiger partial charge in [0.2, 0.25) is 0 Å². The number of aromatic hydroxyl groups is 2. The Morgan fingerprint density at radius 1 is 1.00 bits per heavy atom. The van der Waals surface area contributed by atoms with Crippen molar-refractivity contribution in [3.05, 3.63) is 83.4 Å². The van der Waals surface area contributed by atoms with Gasteiger partial charge in [-0.05, 0) is 97.5 Å². The Morgan fingerprint density at radius 3 is 2.44 bits per heavy atom. The van der Waals surface area contributed by atoms with Crippen molar-refractivity contribution < 1.29 is 14.9 Å². The summed E-state index contributed by atoms with van der Waals surface area (Å²) in [6.07, 6.45) is 1.27. The largest absolute Gasteiger partial charge is 0.508 e. The second-order valence-electron chi connectivity index (χ2n) is 10.4. The molecule has 0 spiro atoms. The zero-order chi connectivity index (χ0) is 25.4. The lowest BCUT2D eigenvalue weighted by atomic mass is 9.82. The van der Waals surface area contributed by atoms with Crippen LogP contribution in [0.5, 0.6) is 17.2 Å². The molecule has 0 saturated carbocycles. The molecule has 2 aliphatic heterocycles. The summed E-state index contributed by atoms with van der Waals surface area (Å²) in [5, 5.41) is 20.4. The summed E-state index contributed by atoms with van der Waals surface area (Å²) >= 11 is 0. The highest BCUT2D eigenvalue weighted by Crippen LogP contribution is 2.49. The minimum Gasteiger partial charge on any atom is -0.508 e. The van der Waals surface area contributed by atoms with Gasteiger partial charge in [-0.25, -0.2) is 0 Å². The van der Waals surface area contributed by atoms with Crippen LogP contribution in [0.4, 0.5) is 5.69 Å². The van der Waals surface area contributed by atoms with Crippen LogP contribution in [-0.2, 0) is 0 Å². The number of fused-ring (bicyclic) bond motifs is 1. The molecular weight excluding hydrogens is 448 g/mol. The zero-order valence-corrected chi connectivity index (χ0v) is 21.6. The molecular formula is C31H36N2O3. The summed E-state index contributed by atoms with van der Waals surface area (Å²) in [4.78, 5) is 4.76. The fourth-order valence-corrected chi connectivity index (χ4v) is 5.69. The van der Waals surface area contributed by atoms with E-state index >= 15 is 0 Å². The Kier molecular flexibility index (Phi) is 6.67. The van der Waals surface area contributed by atoms with Crippen molar-refractivity contribution in [2.24, 2.45) is 5.92 Å². The second kappa shape index (κ2) is 9.90. The van der Waals surface area contributed by atoms with Gasteiger partial charge in [0.15, 0.2) is 0 Å². The summed E-state index contributed by atoms with van der Waals surface area (Å²) in [6.45, 7) is 9.64. The molecule has 5 rings (SSSR count). The van der Waals surface area contributed by atoms with Crippen LogP contribution < -0.4 is 9.64 Å². The van der Waals surface area contributed by atoms with Crippen molar-refractivity contribution in [3.8, 4) is 17.2 Å². The molecule has 2 heterocycles. The van der Waals surface area contributed by atoms with Gasteiger partial charge in [0.1, 0.15) is 23.9 Å². The van der Waals surface area contributed by atoms with Crippen LogP contribution >= 0.6 is 0 Å². The summed E-state index contributed by atoms with van der Waals surface area (Å²) in [5.41, 5.74) is 6.36. The van der Waals surface area contributed by atoms with E-state index in [9.17, 15) is 10.2 Å². The van der Waals surface area contributed by atoms with Gasteiger partial charge in [0.25, 0.3) is 0 Å². The number of rotatable bonds is 6. The van der Waals surface area contributed by atoms with Crippen LogP contribution in [0.1, 0.15) is 49.9 Å². The predicted molar refractivity (Wildman–Crippen MR) is 147 cm³/mol. The molecule has 3 aromatic rings. The number of hydrogen-bond donors (Lipinski definition) is 2. The minimum absolute atomic E-state index is 0.0529. The highest BCUT2D eigenvalue weighted by molar-refractivity contribution is 6.00. The SMILES string of the molecule is CC1=C(c2cccc(O)c2)C(c2ccc(OCC(C)N3CCC(C)C3)cc2)N(C)c2ccc(O)cc21. The fraction of sp³-hybridized carbons (Fsp3) is 0.355. The van der Waals surface area contributed by atoms with E-state index in [2.05, 4.69) is 61.9 Å². The molecule has 3 unspecified atom stereocenters. The third-order valence-electron chi connectivity index (χ3n) is 7.75. The maximum atomic E-state index is 10.2. The molecule has 0 aromatic heterocycles. The lowest BCUT2D eigenvalue weighted by Crippen LogP contribution is -2.35. The number of phenols is 2. The average molecular weight is 485 g/mol. The maximum absolute atomic E-state index is 10.2. The van der Waals surface area contributed by atoms with Crippen LogP contribution in [-0.4, -0.2) is 47.9 Å². The highest BCUT2D eigenvalue weighted by atomic mass is 16.5. The Hall–Kier alpha value is -3.44. The summed E-state index contributed by atoms with van der Waals surface area (Å²) in [6, 6.07) is 21.7. The van der Waals surface area contributed by atoms with E-state index in [1.54, 1.807) is 12.1 Å². The van der Waals surface area contributed by atoms with Gasteiger partial charge in [-0.2, -0.15) is 0 Å². The molecule has 2 N–H and O–H groups in total. The number of nitrogens with zero attached hydrogens (tertiary/aromatic N) is 2. The fourth-order valence-electron chi connectivity index (χ4n) is 5.69. The number of anilines is 1. The van der Waals surface area contributed by atoms with Gasteiger partial charge in [-0.3, -0.25) is 4.90 Å². The number of benzene rings is 3. The first-order valence-electron chi connectivity index (χ1n) is 12.8. The van der Waals surface area contributed by atoms with E-state index in [4.69, 9.17) is 4.74 Å². The van der Waals surface area contributed by atoms with Gasteiger partial charge in [-0.15, -0.1) is 0 Å². The number of likely N-dealkylation sites (N-methyl/N-ethyl adjacent to an activating group) is 1. The van der Waals surface area contributed by atoms with Crippen molar-refractivity contribution in [2.45, 2.75) is 39.3 Å². The summed E-state index contributed by atoms with van der Waals surface area (Å²) in [5.74, 6) is 2.13. The lowest BCUT2D eigenvalue weighted by Gasteiger charge is -2.39. The predicted octanol–water partition coefficient (Wildman–Crippen LogP) is 6.33. The monoisotopic (exact) mass is 484 g/mol. The van der Waals surface area contributed by atoms with Gasteiger partial charge >= 0.3 is 0 Å². The number of allylic oxidation sites excluding steroid dienone is 1. The van der Waals surface area contributed by atoms with E-state index in [0.717, 1.165) is 58.3 Å². The Labute approximate surface area is 214 Å². The summed E-state index contributed by atoms with van der Waals surface area (Å²) < 4.78 is 6.17. The molecule has 2 aliphatic rings. The summed E-state index contributed by atoms with van der Waals surface area (Å²) in [7, 11) is 2.08. The molecule has 1 saturated heterocycles. The molecule has 0 aliphatic carbocycles. The van der Waals surface area contributed by atoms with Crippen LogP contribution in [0.15, 0.2) is 66.7 Å². The van der Waals surface area contributed by atoms with E-state index in [1.807, 2.05) is 30.3 Å². The molecule has 0 radical (unpaired) electrons. The number of likely N-dealkylation sites (tertiary alicyclic amines) is 1. The third-order valence-corrected chi connectivity index (χ3v) is 7.75. The average Bonchev–Trinajstić information content (AvgIpc) is 3.31. The number of phenolic OH excluding ortho intramolecular Hbond substituents is 2. The van der Waals surface area contributed by atoms with Crippen molar-refractivity contribution in [1.82, 2.24) is 4.90 Å². The quantitative estimate of drug-likeness (QED) is 0.428. The van der Waals surface area contributed by atoms with Gasteiger partial charge < -0.3 is 19.8 Å².